The lowest BCUT2D eigenvalue weighted by molar-refractivity contribution is -0.384. The second-order valence-corrected chi connectivity index (χ2v) is 6.04. The third kappa shape index (κ3) is 4.68. The maximum Gasteiger partial charge on any atom is 0.270 e. The van der Waals surface area contributed by atoms with Gasteiger partial charge >= 0.3 is 0 Å². The number of carbonyl (C=O) groups is 1. The maximum atomic E-state index is 12.1. The molecule has 0 aromatic heterocycles. The highest BCUT2D eigenvalue weighted by Crippen LogP contribution is 2.23. The highest BCUT2D eigenvalue weighted by Gasteiger charge is 2.16. The number of hydrogen-bond acceptors (Lipinski definition) is 5. The fourth-order valence-corrected chi connectivity index (χ4v) is 2.46. The summed E-state index contributed by atoms with van der Waals surface area (Å²) in [5.74, 6) is -0.510. The zero-order chi connectivity index (χ0) is 18.6. The second kappa shape index (κ2) is 7.96. The molecule has 2 N–H and O–H groups in total. The molecule has 0 heterocycles. The van der Waals surface area contributed by atoms with Gasteiger partial charge in [-0.2, -0.15) is 0 Å². The Balaban J connectivity index is 2.00. The SMILES string of the molecule is CN(C)c1ccc(C(O)CNC(=O)c2ccc([N+](=O)[O-])cc2Cl)cc1. The van der Waals surface area contributed by atoms with Crippen LogP contribution in [0.1, 0.15) is 22.0 Å². The van der Waals surface area contributed by atoms with Gasteiger partial charge in [0.2, 0.25) is 0 Å². The van der Waals surface area contributed by atoms with E-state index in [1.807, 2.05) is 31.1 Å². The Hall–Kier alpha value is -2.64. The zero-order valence-electron chi connectivity index (χ0n) is 13.8. The summed E-state index contributed by atoms with van der Waals surface area (Å²) in [7, 11) is 3.83. The average molecular weight is 364 g/mol. The van der Waals surface area contributed by atoms with E-state index >= 15 is 0 Å². The molecule has 0 saturated carbocycles. The molecular formula is C17H18ClN3O4. The van der Waals surface area contributed by atoms with E-state index < -0.39 is 16.9 Å². The molecule has 0 saturated heterocycles. The summed E-state index contributed by atoms with van der Waals surface area (Å²) >= 11 is 5.92. The number of non-ortho nitro benzene ring substituents is 1. The Labute approximate surface area is 150 Å². The number of anilines is 1. The minimum atomic E-state index is -0.878. The highest BCUT2D eigenvalue weighted by atomic mass is 35.5. The van der Waals surface area contributed by atoms with E-state index in [9.17, 15) is 20.0 Å². The molecule has 0 bridgehead atoms. The van der Waals surface area contributed by atoms with Crippen molar-refractivity contribution in [2.24, 2.45) is 0 Å². The van der Waals surface area contributed by atoms with Crippen LogP contribution in [0.15, 0.2) is 42.5 Å². The average Bonchev–Trinajstić information content (AvgIpc) is 2.59. The molecule has 7 nitrogen and oxygen atoms in total. The molecule has 2 rings (SSSR count). The smallest absolute Gasteiger partial charge is 0.270 e. The number of rotatable bonds is 6. The van der Waals surface area contributed by atoms with Crippen molar-refractivity contribution in [3.8, 4) is 0 Å². The highest BCUT2D eigenvalue weighted by molar-refractivity contribution is 6.34. The summed E-state index contributed by atoms with van der Waals surface area (Å²) < 4.78 is 0. The molecule has 1 unspecified atom stereocenters. The van der Waals surface area contributed by atoms with Gasteiger partial charge in [0, 0.05) is 38.5 Å². The summed E-state index contributed by atoms with van der Waals surface area (Å²) in [6, 6.07) is 10.9. The van der Waals surface area contributed by atoms with Crippen LogP contribution in [0, 0.1) is 10.1 Å². The molecule has 25 heavy (non-hydrogen) atoms. The third-order valence-electron chi connectivity index (χ3n) is 3.66. The van der Waals surface area contributed by atoms with Crippen LogP contribution in [0.25, 0.3) is 0 Å². The summed E-state index contributed by atoms with van der Waals surface area (Å²) in [6.07, 6.45) is -0.878. The molecule has 0 radical (unpaired) electrons. The number of nitrogens with zero attached hydrogens (tertiary/aromatic N) is 2. The van der Waals surface area contributed by atoms with Crippen molar-refractivity contribution in [1.82, 2.24) is 5.32 Å². The van der Waals surface area contributed by atoms with Crippen LogP contribution in [0.2, 0.25) is 5.02 Å². The first-order valence-corrected chi connectivity index (χ1v) is 7.85. The topological polar surface area (TPSA) is 95.7 Å². The van der Waals surface area contributed by atoms with Crippen LogP contribution in [-0.4, -0.2) is 36.6 Å². The van der Waals surface area contributed by atoms with E-state index in [-0.39, 0.29) is 22.8 Å². The molecule has 0 aliphatic rings. The Morgan fingerprint density at radius 2 is 1.92 bits per heavy atom. The van der Waals surface area contributed by atoms with Crippen LogP contribution >= 0.6 is 11.6 Å². The molecule has 1 atom stereocenters. The van der Waals surface area contributed by atoms with Gasteiger partial charge in [0.15, 0.2) is 0 Å². The molecule has 0 spiro atoms. The number of nitrogens with one attached hydrogen (secondary N) is 1. The van der Waals surface area contributed by atoms with Gasteiger partial charge in [-0.25, -0.2) is 0 Å². The number of amides is 1. The van der Waals surface area contributed by atoms with Gasteiger partial charge in [-0.05, 0) is 23.8 Å². The van der Waals surface area contributed by atoms with Crippen LogP contribution < -0.4 is 10.2 Å². The first-order chi connectivity index (χ1) is 11.8. The minimum absolute atomic E-state index is 0.00649. The van der Waals surface area contributed by atoms with Crippen molar-refractivity contribution in [2.75, 3.05) is 25.5 Å². The van der Waals surface area contributed by atoms with E-state index in [4.69, 9.17) is 11.6 Å². The van der Waals surface area contributed by atoms with E-state index in [1.54, 1.807) is 12.1 Å². The van der Waals surface area contributed by atoms with Gasteiger partial charge in [0.1, 0.15) is 0 Å². The normalized spacial score (nSPS) is 11.7. The number of carbonyl (C=O) groups excluding carboxylic acids is 1. The van der Waals surface area contributed by atoms with Crippen molar-refractivity contribution < 1.29 is 14.8 Å². The quantitative estimate of drug-likeness (QED) is 0.607. The first kappa shape index (κ1) is 18.7. The van der Waals surface area contributed by atoms with Gasteiger partial charge in [-0.15, -0.1) is 0 Å². The molecular weight excluding hydrogens is 346 g/mol. The summed E-state index contributed by atoms with van der Waals surface area (Å²) in [6.45, 7) is -0.00649. The van der Waals surface area contributed by atoms with E-state index in [0.29, 0.717) is 5.56 Å². The van der Waals surface area contributed by atoms with Crippen molar-refractivity contribution in [2.45, 2.75) is 6.10 Å². The molecule has 1 amide bonds. The number of hydrogen-bond donors (Lipinski definition) is 2. The lowest BCUT2D eigenvalue weighted by Crippen LogP contribution is -2.28. The second-order valence-electron chi connectivity index (χ2n) is 5.63. The fraction of sp³-hybridized carbons (Fsp3) is 0.235. The van der Waals surface area contributed by atoms with Crippen LogP contribution in [0.3, 0.4) is 0 Å². The molecule has 2 aromatic rings. The van der Waals surface area contributed by atoms with Gasteiger partial charge in [-0.1, -0.05) is 23.7 Å². The number of nitro benzene ring substituents is 1. The lowest BCUT2D eigenvalue weighted by Gasteiger charge is -2.16. The molecule has 0 fully saturated rings. The number of benzene rings is 2. The standard InChI is InChI=1S/C17H18ClN3O4/c1-20(2)12-5-3-11(4-6-12)16(22)10-19-17(23)14-8-7-13(21(24)25)9-15(14)18/h3-9,16,22H,10H2,1-2H3,(H,19,23). The Kier molecular flexibility index (Phi) is 5.95. The monoisotopic (exact) mass is 363 g/mol. The van der Waals surface area contributed by atoms with Gasteiger partial charge in [-0.3, -0.25) is 14.9 Å². The van der Waals surface area contributed by atoms with Crippen molar-refractivity contribution in [1.29, 1.82) is 0 Å². The van der Waals surface area contributed by atoms with Gasteiger partial charge < -0.3 is 15.3 Å². The molecule has 132 valence electrons. The molecule has 0 aliphatic heterocycles. The van der Waals surface area contributed by atoms with Crippen molar-refractivity contribution in [3.05, 3.63) is 68.7 Å². The Bertz CT molecular complexity index is 778. The van der Waals surface area contributed by atoms with Crippen LogP contribution in [0.4, 0.5) is 11.4 Å². The van der Waals surface area contributed by atoms with Gasteiger partial charge in [0.05, 0.1) is 21.6 Å². The first-order valence-electron chi connectivity index (χ1n) is 7.47. The van der Waals surface area contributed by atoms with Crippen molar-refractivity contribution >= 4 is 28.9 Å². The summed E-state index contributed by atoms with van der Waals surface area (Å²) in [5.41, 5.74) is 1.59. The molecule has 8 heteroatoms. The molecule has 0 aliphatic carbocycles. The zero-order valence-corrected chi connectivity index (χ0v) is 14.5. The molecule has 2 aromatic carbocycles. The van der Waals surface area contributed by atoms with Gasteiger partial charge in [0.25, 0.3) is 11.6 Å². The summed E-state index contributed by atoms with van der Waals surface area (Å²) in [5, 5.41) is 23.4. The Morgan fingerprint density at radius 1 is 1.28 bits per heavy atom. The minimum Gasteiger partial charge on any atom is -0.387 e. The number of aliphatic hydroxyl groups is 1. The largest absolute Gasteiger partial charge is 0.387 e. The van der Waals surface area contributed by atoms with Crippen LogP contribution in [0.5, 0.6) is 0 Å². The number of halogens is 1. The van der Waals surface area contributed by atoms with Crippen molar-refractivity contribution in [3.63, 3.8) is 0 Å². The van der Waals surface area contributed by atoms with E-state index in [0.717, 1.165) is 11.8 Å². The predicted octanol–water partition coefficient (Wildman–Crippen LogP) is 2.78. The third-order valence-corrected chi connectivity index (χ3v) is 3.97. The lowest BCUT2D eigenvalue weighted by atomic mass is 10.1. The van der Waals surface area contributed by atoms with E-state index in [2.05, 4.69) is 5.32 Å². The maximum absolute atomic E-state index is 12.1. The summed E-state index contributed by atoms with van der Waals surface area (Å²) in [4.78, 5) is 24.2. The predicted molar refractivity (Wildman–Crippen MR) is 96.2 cm³/mol. The van der Waals surface area contributed by atoms with Crippen LogP contribution in [-0.2, 0) is 0 Å². The fourth-order valence-electron chi connectivity index (χ4n) is 2.20. The number of aliphatic hydroxyl groups excluding tert-OH is 1. The number of nitro groups is 1. The van der Waals surface area contributed by atoms with E-state index in [1.165, 1.54) is 12.1 Å². The Morgan fingerprint density at radius 3 is 2.44 bits per heavy atom.